The maximum atomic E-state index is 3.93. The quantitative estimate of drug-likeness (QED) is 0.494. The van der Waals surface area contributed by atoms with Gasteiger partial charge in [0.25, 0.3) is 0 Å². The lowest BCUT2D eigenvalue weighted by atomic mass is 9.92. The topological polar surface area (TPSA) is 0 Å². The van der Waals surface area contributed by atoms with Crippen LogP contribution in [0.4, 0.5) is 0 Å². The minimum absolute atomic E-state index is 0.0302. The maximum absolute atomic E-state index is 3.93. The van der Waals surface area contributed by atoms with Crippen molar-refractivity contribution in [3.8, 4) is 0 Å². The van der Waals surface area contributed by atoms with Crippen LogP contribution in [0.2, 0.25) is 0 Å². The molecule has 1 aromatic rings. The Hall–Kier alpha value is 1.14. The Morgan fingerprint density at radius 3 is 2.40 bits per heavy atom. The summed E-state index contributed by atoms with van der Waals surface area (Å²) in [7, 11) is 0. The average Bonchev–Trinajstić information content (AvgIpc) is 2.56. The van der Waals surface area contributed by atoms with Crippen LogP contribution >= 0.6 is 63.7 Å². The molecule has 0 amide bonds. The Kier molecular flexibility index (Phi) is 2.67. The van der Waals surface area contributed by atoms with Crippen molar-refractivity contribution in [2.24, 2.45) is 0 Å². The van der Waals surface area contributed by atoms with Gasteiger partial charge in [-0.3, -0.25) is 0 Å². The minimum atomic E-state index is 0.0302. The van der Waals surface area contributed by atoms with Gasteiger partial charge in [0, 0.05) is 20.4 Å². The molecule has 0 aliphatic heterocycles. The second-order valence-electron chi connectivity index (χ2n) is 4.13. The van der Waals surface area contributed by atoms with E-state index < -0.39 is 0 Å². The molecule has 4 heteroatoms. The zero-order chi connectivity index (χ0) is 10.8. The SMILES string of the molecule is Br[C@@H]1[C@H]2c3ccccc3[C@@](Br)([C@H]1Br)[C@H]2Br. The highest BCUT2D eigenvalue weighted by Gasteiger charge is 2.63. The monoisotopic (exact) mass is 456 g/mol. The van der Waals surface area contributed by atoms with Crippen molar-refractivity contribution in [1.82, 2.24) is 0 Å². The predicted molar refractivity (Wildman–Crippen MR) is 77.9 cm³/mol. The Morgan fingerprint density at radius 1 is 1.00 bits per heavy atom. The Morgan fingerprint density at radius 2 is 1.67 bits per heavy atom. The summed E-state index contributed by atoms with van der Waals surface area (Å²) in [5, 5.41) is 0. The van der Waals surface area contributed by atoms with Crippen molar-refractivity contribution in [1.29, 1.82) is 0 Å². The molecule has 15 heavy (non-hydrogen) atoms. The molecule has 2 bridgehead atoms. The van der Waals surface area contributed by atoms with Crippen LogP contribution in [0.3, 0.4) is 0 Å². The van der Waals surface area contributed by atoms with E-state index in [9.17, 15) is 0 Å². The van der Waals surface area contributed by atoms with Gasteiger partial charge in [0.2, 0.25) is 0 Å². The molecule has 2 aliphatic rings. The van der Waals surface area contributed by atoms with E-state index in [1.54, 1.807) is 0 Å². The highest BCUT2D eigenvalue weighted by Crippen LogP contribution is 2.66. The number of alkyl halides is 4. The molecule has 2 aliphatic carbocycles. The largest absolute Gasteiger partial charge is 0.0871 e. The summed E-state index contributed by atoms with van der Waals surface area (Å²) in [4.78, 5) is 1.36. The number of benzene rings is 1. The molecule has 1 saturated carbocycles. The lowest BCUT2D eigenvalue weighted by Crippen LogP contribution is -2.32. The first kappa shape index (κ1) is 11.2. The van der Waals surface area contributed by atoms with E-state index in [0.29, 0.717) is 20.4 Å². The summed E-state index contributed by atoms with van der Waals surface area (Å²) in [6.45, 7) is 0. The predicted octanol–water partition coefficient (Wildman–Crippen LogP) is 4.68. The van der Waals surface area contributed by atoms with E-state index in [-0.39, 0.29) is 4.32 Å². The van der Waals surface area contributed by atoms with Gasteiger partial charge in [-0.1, -0.05) is 88.0 Å². The molecule has 80 valence electrons. The van der Waals surface area contributed by atoms with Gasteiger partial charge in [-0.25, -0.2) is 0 Å². The van der Waals surface area contributed by atoms with Crippen LogP contribution in [0.15, 0.2) is 24.3 Å². The fourth-order valence-electron chi connectivity index (χ4n) is 2.75. The van der Waals surface area contributed by atoms with Crippen LogP contribution in [0.1, 0.15) is 17.0 Å². The van der Waals surface area contributed by atoms with Crippen LogP contribution in [-0.4, -0.2) is 14.5 Å². The fourth-order valence-corrected chi connectivity index (χ4v) is 7.81. The average molecular weight is 460 g/mol. The summed E-state index contributed by atoms with van der Waals surface area (Å²) in [5.41, 5.74) is 2.89. The highest BCUT2D eigenvalue weighted by atomic mass is 79.9. The zero-order valence-corrected chi connectivity index (χ0v) is 14.0. The van der Waals surface area contributed by atoms with Gasteiger partial charge in [-0.2, -0.15) is 0 Å². The smallest absolute Gasteiger partial charge is 0.0775 e. The summed E-state index contributed by atoms with van der Waals surface area (Å²) in [6, 6.07) is 8.71. The van der Waals surface area contributed by atoms with Crippen molar-refractivity contribution in [2.45, 2.75) is 24.7 Å². The van der Waals surface area contributed by atoms with E-state index in [1.165, 1.54) is 11.1 Å². The molecule has 0 radical (unpaired) electrons. The molecule has 1 aromatic carbocycles. The van der Waals surface area contributed by atoms with Crippen LogP contribution in [-0.2, 0) is 4.32 Å². The minimum Gasteiger partial charge on any atom is -0.0871 e. The molecule has 1 fully saturated rings. The summed E-state index contributed by atoms with van der Waals surface area (Å²) >= 11 is 15.4. The Balaban J connectivity index is 2.27. The number of hydrogen-bond acceptors (Lipinski definition) is 0. The molecular weight excluding hydrogens is 452 g/mol. The van der Waals surface area contributed by atoms with Crippen LogP contribution in [0.25, 0.3) is 0 Å². The molecule has 0 unspecified atom stereocenters. The van der Waals surface area contributed by atoms with Crippen molar-refractivity contribution < 1.29 is 0 Å². The van der Waals surface area contributed by atoms with Gasteiger partial charge in [-0.05, 0) is 11.1 Å². The van der Waals surface area contributed by atoms with E-state index >= 15 is 0 Å². The summed E-state index contributed by atoms with van der Waals surface area (Å²) in [6.07, 6.45) is 0. The number of hydrogen-bond donors (Lipinski definition) is 0. The Bertz CT molecular complexity index is 419. The maximum Gasteiger partial charge on any atom is 0.0775 e. The van der Waals surface area contributed by atoms with Crippen molar-refractivity contribution in [3.05, 3.63) is 35.4 Å². The number of rotatable bonds is 0. The third kappa shape index (κ3) is 1.23. The van der Waals surface area contributed by atoms with Gasteiger partial charge in [0.15, 0.2) is 0 Å². The second-order valence-corrected chi connectivity index (χ2v) is 8.47. The summed E-state index contributed by atoms with van der Waals surface area (Å²) < 4.78 is 0.0302. The first-order valence-electron chi connectivity index (χ1n) is 4.79. The van der Waals surface area contributed by atoms with Gasteiger partial charge >= 0.3 is 0 Å². The van der Waals surface area contributed by atoms with E-state index in [0.717, 1.165) is 0 Å². The first-order valence-corrected chi connectivity index (χ1v) is 8.33. The van der Waals surface area contributed by atoms with Gasteiger partial charge in [-0.15, -0.1) is 0 Å². The molecule has 0 aromatic heterocycles. The third-order valence-electron chi connectivity index (χ3n) is 3.47. The van der Waals surface area contributed by atoms with Crippen LogP contribution < -0.4 is 0 Å². The van der Waals surface area contributed by atoms with Crippen molar-refractivity contribution in [2.75, 3.05) is 0 Å². The van der Waals surface area contributed by atoms with E-state index in [1.807, 2.05) is 0 Å². The molecule has 0 spiro atoms. The molecule has 0 N–H and O–H groups in total. The molecule has 5 atom stereocenters. The lowest BCUT2D eigenvalue weighted by molar-refractivity contribution is 0.730. The van der Waals surface area contributed by atoms with E-state index in [4.69, 9.17) is 0 Å². The van der Waals surface area contributed by atoms with E-state index in [2.05, 4.69) is 88.0 Å². The molecule has 3 rings (SSSR count). The van der Waals surface area contributed by atoms with Gasteiger partial charge < -0.3 is 0 Å². The zero-order valence-electron chi connectivity index (χ0n) is 7.63. The number of halogens is 4. The van der Waals surface area contributed by atoms with Crippen molar-refractivity contribution >= 4 is 63.7 Å². The highest BCUT2D eigenvalue weighted by molar-refractivity contribution is 9.14. The molecular formula is C11H8Br4. The standard InChI is InChI=1S/C11H8Br4/c12-8-7-5-3-1-2-4-6(5)11(15,9(7)13)10(8)14/h1-4,7-10H/t7-,8-,9+,10+,11+/m1/s1. The number of fused-ring (bicyclic) bond motifs is 5. The Labute approximate surface area is 123 Å². The molecule has 0 heterocycles. The first-order chi connectivity index (χ1) is 7.08. The normalized spacial score (nSPS) is 46.9. The van der Waals surface area contributed by atoms with Crippen LogP contribution in [0.5, 0.6) is 0 Å². The molecule has 0 nitrogen and oxygen atoms in total. The van der Waals surface area contributed by atoms with Crippen LogP contribution in [0, 0.1) is 0 Å². The summed E-state index contributed by atoms with van der Waals surface area (Å²) in [5.74, 6) is 0.546. The third-order valence-corrected chi connectivity index (χ3v) is 10.5. The second kappa shape index (κ2) is 3.56. The lowest BCUT2D eigenvalue weighted by Gasteiger charge is -2.31. The van der Waals surface area contributed by atoms with Crippen molar-refractivity contribution in [3.63, 3.8) is 0 Å². The van der Waals surface area contributed by atoms with Gasteiger partial charge in [0.1, 0.15) is 0 Å². The van der Waals surface area contributed by atoms with Gasteiger partial charge in [0.05, 0.1) is 4.32 Å². The fraction of sp³-hybridized carbons (Fsp3) is 0.455. The molecule has 0 saturated heterocycles.